The van der Waals surface area contributed by atoms with Gasteiger partial charge in [-0.25, -0.2) is 4.79 Å². The number of para-hydroxylation sites is 1. The van der Waals surface area contributed by atoms with E-state index in [2.05, 4.69) is 0 Å². The Balaban J connectivity index is 1.54. The topological polar surface area (TPSA) is 46.6 Å². The average molecular weight is 371 g/mol. The Morgan fingerprint density at radius 3 is 2.76 bits per heavy atom. The van der Waals surface area contributed by atoms with Gasteiger partial charge in [-0.05, 0) is 36.1 Å². The lowest BCUT2D eigenvalue weighted by Gasteiger charge is -2.28. The summed E-state index contributed by atoms with van der Waals surface area (Å²) in [6, 6.07) is 15.6. The van der Waals surface area contributed by atoms with Gasteiger partial charge in [0.25, 0.3) is 0 Å². The van der Waals surface area contributed by atoms with Crippen LogP contribution in [0, 0.1) is 0 Å². The van der Waals surface area contributed by atoms with E-state index in [1.165, 1.54) is 16.7 Å². The van der Waals surface area contributed by atoms with Crippen molar-refractivity contribution in [1.29, 1.82) is 0 Å². The molecule has 1 fully saturated rings. The van der Waals surface area contributed by atoms with Gasteiger partial charge in [0.05, 0.1) is 5.69 Å². The van der Waals surface area contributed by atoms with Crippen LogP contribution >= 0.6 is 23.5 Å². The number of carbonyl (C=O) groups is 2. The Bertz CT molecular complexity index is 837. The van der Waals surface area contributed by atoms with Gasteiger partial charge in [0.15, 0.2) is 4.87 Å². The highest BCUT2D eigenvalue weighted by Crippen LogP contribution is 2.56. The van der Waals surface area contributed by atoms with Gasteiger partial charge in [0, 0.05) is 22.6 Å². The fourth-order valence-corrected chi connectivity index (χ4v) is 5.08. The second-order valence-corrected chi connectivity index (χ2v) is 8.21. The highest BCUT2D eigenvalue weighted by molar-refractivity contribution is 8.02. The van der Waals surface area contributed by atoms with E-state index >= 15 is 0 Å². The SMILES string of the molecule is CSc1ccc(COC(=O)C23CCC(=O)N2c2ccccc2S3)cc1. The normalized spacial score (nSPS) is 21.2. The maximum atomic E-state index is 12.9. The zero-order valence-corrected chi connectivity index (χ0v) is 15.4. The predicted octanol–water partition coefficient (Wildman–Crippen LogP) is 4.08. The summed E-state index contributed by atoms with van der Waals surface area (Å²) < 4.78 is 5.61. The van der Waals surface area contributed by atoms with Crippen LogP contribution in [-0.4, -0.2) is 23.0 Å². The summed E-state index contributed by atoms with van der Waals surface area (Å²) in [5.74, 6) is -0.354. The molecule has 2 aromatic carbocycles. The van der Waals surface area contributed by atoms with Crippen LogP contribution in [0.4, 0.5) is 5.69 Å². The molecule has 25 heavy (non-hydrogen) atoms. The number of esters is 1. The Morgan fingerprint density at radius 2 is 2.00 bits per heavy atom. The molecule has 0 radical (unpaired) electrons. The lowest BCUT2D eigenvalue weighted by molar-refractivity contribution is -0.148. The number of hydrogen-bond donors (Lipinski definition) is 0. The number of carbonyl (C=O) groups excluding carboxylic acids is 2. The van der Waals surface area contributed by atoms with Gasteiger partial charge in [-0.1, -0.05) is 36.0 Å². The van der Waals surface area contributed by atoms with E-state index in [1.807, 2.05) is 54.8 Å². The number of anilines is 1. The molecule has 4 rings (SSSR count). The van der Waals surface area contributed by atoms with Crippen molar-refractivity contribution in [3.63, 3.8) is 0 Å². The van der Waals surface area contributed by atoms with Gasteiger partial charge in [0.1, 0.15) is 6.61 Å². The maximum absolute atomic E-state index is 12.9. The van der Waals surface area contributed by atoms with Crippen LogP contribution in [0.25, 0.3) is 0 Å². The highest BCUT2D eigenvalue weighted by Gasteiger charge is 2.58. The zero-order chi connectivity index (χ0) is 17.4. The first-order valence-electron chi connectivity index (χ1n) is 8.05. The molecule has 2 aliphatic rings. The van der Waals surface area contributed by atoms with Gasteiger partial charge in [-0.2, -0.15) is 0 Å². The van der Waals surface area contributed by atoms with E-state index in [4.69, 9.17) is 4.74 Å². The quantitative estimate of drug-likeness (QED) is 0.599. The monoisotopic (exact) mass is 371 g/mol. The van der Waals surface area contributed by atoms with E-state index in [0.29, 0.717) is 12.8 Å². The summed E-state index contributed by atoms with van der Waals surface area (Å²) in [5.41, 5.74) is 1.76. The van der Waals surface area contributed by atoms with Gasteiger partial charge in [-0.15, -0.1) is 11.8 Å². The van der Waals surface area contributed by atoms with E-state index in [-0.39, 0.29) is 18.5 Å². The number of ether oxygens (including phenoxy) is 1. The van der Waals surface area contributed by atoms with E-state index < -0.39 is 4.87 Å². The van der Waals surface area contributed by atoms with Crippen LogP contribution in [-0.2, 0) is 20.9 Å². The van der Waals surface area contributed by atoms with E-state index in [9.17, 15) is 9.59 Å². The van der Waals surface area contributed by atoms with Crippen LogP contribution in [0.15, 0.2) is 58.3 Å². The van der Waals surface area contributed by atoms with Crippen molar-refractivity contribution in [2.45, 2.75) is 34.1 Å². The third-order valence-corrected chi connectivity index (χ3v) is 6.72. The van der Waals surface area contributed by atoms with E-state index in [0.717, 1.165) is 16.1 Å². The molecule has 0 N–H and O–H groups in total. The van der Waals surface area contributed by atoms with Crippen LogP contribution < -0.4 is 4.90 Å². The predicted molar refractivity (Wildman–Crippen MR) is 99.8 cm³/mol. The molecule has 2 aliphatic heterocycles. The van der Waals surface area contributed by atoms with Crippen LogP contribution in [0.1, 0.15) is 18.4 Å². The Kier molecular flexibility index (Phi) is 4.25. The standard InChI is InChI=1S/C19H17NO3S2/c1-24-14-8-6-13(7-9-14)12-23-18(22)19-11-10-17(21)20(19)15-4-2-3-5-16(15)25-19/h2-9H,10-12H2,1H3. The third-order valence-electron chi connectivity index (χ3n) is 4.52. The second-order valence-electron chi connectivity index (χ2n) is 6.01. The third kappa shape index (κ3) is 2.73. The summed E-state index contributed by atoms with van der Waals surface area (Å²) in [4.78, 5) is 28.1. The molecule has 1 unspecified atom stereocenters. The van der Waals surface area contributed by atoms with Crippen molar-refractivity contribution in [3.05, 3.63) is 54.1 Å². The molecule has 4 nitrogen and oxygen atoms in total. The first-order valence-corrected chi connectivity index (χ1v) is 10.1. The van der Waals surface area contributed by atoms with Gasteiger partial charge in [-0.3, -0.25) is 9.69 Å². The number of nitrogens with zero attached hydrogens (tertiary/aromatic N) is 1. The Hall–Kier alpha value is -1.92. The minimum absolute atomic E-state index is 0.0151. The van der Waals surface area contributed by atoms with Crippen molar-refractivity contribution >= 4 is 41.1 Å². The summed E-state index contributed by atoms with van der Waals surface area (Å²) in [7, 11) is 0. The fourth-order valence-electron chi connectivity index (χ4n) is 3.26. The first-order chi connectivity index (χ1) is 12.1. The molecule has 6 heteroatoms. The molecule has 128 valence electrons. The van der Waals surface area contributed by atoms with Crippen LogP contribution in [0.2, 0.25) is 0 Å². The molecule has 2 aromatic rings. The van der Waals surface area contributed by atoms with Crippen molar-refractivity contribution < 1.29 is 14.3 Å². The van der Waals surface area contributed by atoms with Crippen molar-refractivity contribution in [3.8, 4) is 0 Å². The number of rotatable bonds is 4. The number of hydrogen-bond acceptors (Lipinski definition) is 5. The zero-order valence-electron chi connectivity index (χ0n) is 13.7. The summed E-state index contributed by atoms with van der Waals surface area (Å²) in [6.45, 7) is 0.216. The number of fused-ring (bicyclic) bond motifs is 3. The second kappa shape index (κ2) is 6.42. The molecule has 1 saturated heterocycles. The number of thioether (sulfide) groups is 2. The molecule has 1 atom stereocenters. The van der Waals surface area contributed by atoms with Crippen LogP contribution in [0.5, 0.6) is 0 Å². The molecular formula is C19H17NO3S2. The lowest BCUT2D eigenvalue weighted by atomic mass is 10.2. The summed E-state index contributed by atoms with van der Waals surface area (Å²) in [5, 5.41) is 0. The average Bonchev–Trinajstić information content (AvgIpc) is 3.16. The minimum Gasteiger partial charge on any atom is -0.458 e. The number of benzene rings is 2. The van der Waals surface area contributed by atoms with Crippen molar-refractivity contribution in [1.82, 2.24) is 0 Å². The first kappa shape index (κ1) is 16.5. The molecule has 0 bridgehead atoms. The lowest BCUT2D eigenvalue weighted by Crippen LogP contribution is -2.47. The molecule has 0 aromatic heterocycles. The Morgan fingerprint density at radius 1 is 1.24 bits per heavy atom. The summed E-state index contributed by atoms with van der Waals surface area (Å²) in [6.07, 6.45) is 2.88. The molecule has 0 saturated carbocycles. The van der Waals surface area contributed by atoms with Crippen molar-refractivity contribution in [2.24, 2.45) is 0 Å². The summed E-state index contributed by atoms with van der Waals surface area (Å²) >= 11 is 3.11. The highest BCUT2D eigenvalue weighted by atomic mass is 32.2. The van der Waals surface area contributed by atoms with Gasteiger partial charge >= 0.3 is 5.97 Å². The molecule has 2 heterocycles. The Labute approximate surface area is 154 Å². The molecule has 0 aliphatic carbocycles. The van der Waals surface area contributed by atoms with Gasteiger partial charge < -0.3 is 4.74 Å². The largest absolute Gasteiger partial charge is 0.458 e. The fraction of sp³-hybridized carbons (Fsp3) is 0.263. The van der Waals surface area contributed by atoms with E-state index in [1.54, 1.807) is 16.7 Å². The maximum Gasteiger partial charge on any atom is 0.343 e. The number of amides is 1. The van der Waals surface area contributed by atoms with Gasteiger partial charge in [0.2, 0.25) is 5.91 Å². The van der Waals surface area contributed by atoms with Crippen molar-refractivity contribution in [2.75, 3.05) is 11.2 Å². The minimum atomic E-state index is -0.944. The molecule has 1 amide bonds. The molecule has 0 spiro atoms. The smallest absolute Gasteiger partial charge is 0.343 e. The van der Waals surface area contributed by atoms with Crippen LogP contribution in [0.3, 0.4) is 0 Å². The molecular weight excluding hydrogens is 354 g/mol.